The maximum atomic E-state index is 14.3. The highest BCUT2D eigenvalue weighted by Gasteiger charge is 2.43. The summed E-state index contributed by atoms with van der Waals surface area (Å²) < 4.78 is 27.1. The fourth-order valence-electron chi connectivity index (χ4n) is 4.70. The molecule has 1 aromatic rings. The second-order valence-electron chi connectivity index (χ2n) is 7.70. The maximum Gasteiger partial charge on any atom is 0.251 e. The molecule has 3 heterocycles. The molecule has 1 saturated carbocycles. The lowest BCUT2D eigenvalue weighted by atomic mass is 9.77. The van der Waals surface area contributed by atoms with Crippen molar-refractivity contribution in [2.24, 2.45) is 5.41 Å². The number of nitrogens with zero attached hydrogens (tertiary/aromatic N) is 3. The van der Waals surface area contributed by atoms with Gasteiger partial charge in [0.15, 0.2) is 5.82 Å². The summed E-state index contributed by atoms with van der Waals surface area (Å²) in [6.07, 6.45) is 8.02. The van der Waals surface area contributed by atoms with Crippen LogP contribution in [0.15, 0.2) is 17.2 Å². The van der Waals surface area contributed by atoms with E-state index in [9.17, 15) is 4.39 Å². The molecule has 0 radical (unpaired) electrons. The molecule has 7 heteroatoms. The molecule has 3 fully saturated rings. The van der Waals surface area contributed by atoms with Crippen LogP contribution in [0.3, 0.4) is 0 Å². The number of hydrogen-bond acceptors (Lipinski definition) is 6. The van der Waals surface area contributed by atoms with E-state index in [0.717, 1.165) is 45.4 Å². The van der Waals surface area contributed by atoms with E-state index in [0.29, 0.717) is 10.3 Å². The third-order valence-electron chi connectivity index (χ3n) is 6.26. The van der Waals surface area contributed by atoms with Gasteiger partial charge in [0, 0.05) is 38.4 Å². The standard InChI is InChI=1S/C19H28FN3O2S/c1-24-18-17(20)16(3-7-21-18)26-23-8-5-19(6-9-23)4-2-15(14-19)22-10-12-25-13-11-22/h3,7,15H,2,4-6,8-14H2,1H3. The molecule has 0 bridgehead atoms. The van der Waals surface area contributed by atoms with Crippen molar-refractivity contribution >= 4 is 11.9 Å². The summed E-state index contributed by atoms with van der Waals surface area (Å²) >= 11 is 1.50. The summed E-state index contributed by atoms with van der Waals surface area (Å²) in [7, 11) is 1.45. The van der Waals surface area contributed by atoms with Crippen molar-refractivity contribution in [1.29, 1.82) is 0 Å². The summed E-state index contributed by atoms with van der Waals surface area (Å²) in [5.74, 6) is -0.277. The zero-order valence-electron chi connectivity index (χ0n) is 15.5. The van der Waals surface area contributed by atoms with Crippen LogP contribution in [0.5, 0.6) is 5.88 Å². The number of pyridine rings is 1. The Hall–Kier alpha value is -0.890. The van der Waals surface area contributed by atoms with Crippen LogP contribution in [0, 0.1) is 11.2 Å². The molecule has 144 valence electrons. The first kappa shape index (κ1) is 18.5. The van der Waals surface area contributed by atoms with E-state index < -0.39 is 0 Å². The molecule has 0 N–H and O–H groups in total. The number of ether oxygens (including phenoxy) is 2. The second-order valence-corrected chi connectivity index (χ2v) is 8.84. The number of halogens is 1. The van der Waals surface area contributed by atoms with Crippen LogP contribution in [0.25, 0.3) is 0 Å². The van der Waals surface area contributed by atoms with Crippen molar-refractivity contribution in [3.63, 3.8) is 0 Å². The molecule has 1 atom stereocenters. The van der Waals surface area contributed by atoms with Gasteiger partial charge in [0.05, 0.1) is 25.2 Å². The molecule has 0 aromatic carbocycles. The monoisotopic (exact) mass is 381 g/mol. The van der Waals surface area contributed by atoms with Crippen LogP contribution in [-0.2, 0) is 4.74 Å². The fraction of sp³-hybridized carbons (Fsp3) is 0.737. The van der Waals surface area contributed by atoms with Crippen molar-refractivity contribution in [1.82, 2.24) is 14.2 Å². The van der Waals surface area contributed by atoms with Crippen molar-refractivity contribution in [2.45, 2.75) is 43.0 Å². The van der Waals surface area contributed by atoms with Crippen LogP contribution in [-0.4, -0.2) is 66.7 Å². The van der Waals surface area contributed by atoms with Crippen molar-refractivity contribution in [2.75, 3.05) is 46.5 Å². The Balaban J connectivity index is 1.32. The number of rotatable bonds is 4. The van der Waals surface area contributed by atoms with Gasteiger partial charge < -0.3 is 9.47 Å². The highest BCUT2D eigenvalue weighted by atomic mass is 32.2. The molecule has 2 saturated heterocycles. The third kappa shape index (κ3) is 3.86. The summed E-state index contributed by atoms with van der Waals surface area (Å²) in [4.78, 5) is 7.16. The number of piperidine rings is 1. The molecule has 1 aliphatic carbocycles. The molecule has 1 unspecified atom stereocenters. The molecular formula is C19H28FN3O2S. The van der Waals surface area contributed by atoms with Crippen LogP contribution >= 0.6 is 11.9 Å². The number of hydrogen-bond donors (Lipinski definition) is 0. The van der Waals surface area contributed by atoms with Gasteiger partial charge in [0.2, 0.25) is 0 Å². The normalized spacial score (nSPS) is 27.1. The Kier molecular flexibility index (Phi) is 5.69. The van der Waals surface area contributed by atoms with E-state index in [1.54, 1.807) is 12.3 Å². The van der Waals surface area contributed by atoms with Gasteiger partial charge >= 0.3 is 0 Å². The minimum atomic E-state index is -0.353. The average molecular weight is 382 g/mol. The van der Waals surface area contributed by atoms with E-state index in [2.05, 4.69) is 14.2 Å². The van der Waals surface area contributed by atoms with Crippen molar-refractivity contribution < 1.29 is 13.9 Å². The number of methoxy groups -OCH3 is 1. The topological polar surface area (TPSA) is 37.8 Å². The largest absolute Gasteiger partial charge is 0.479 e. The molecule has 1 aromatic heterocycles. The van der Waals surface area contributed by atoms with Gasteiger partial charge in [-0.3, -0.25) is 4.90 Å². The minimum absolute atomic E-state index is 0.0765. The Morgan fingerprint density at radius 2 is 2.00 bits per heavy atom. The van der Waals surface area contributed by atoms with Gasteiger partial charge in [-0.1, -0.05) is 0 Å². The fourth-order valence-corrected chi connectivity index (χ4v) is 5.63. The quantitative estimate of drug-likeness (QED) is 0.746. The van der Waals surface area contributed by atoms with Crippen LogP contribution in [0.2, 0.25) is 0 Å². The summed E-state index contributed by atoms with van der Waals surface area (Å²) in [5, 5.41) is 0. The number of morpholine rings is 1. The molecule has 2 aliphatic heterocycles. The zero-order valence-corrected chi connectivity index (χ0v) is 16.3. The van der Waals surface area contributed by atoms with Gasteiger partial charge in [-0.2, -0.15) is 4.39 Å². The lowest BCUT2D eigenvalue weighted by molar-refractivity contribution is 0.0138. The molecule has 0 amide bonds. The van der Waals surface area contributed by atoms with E-state index in [-0.39, 0.29) is 11.7 Å². The summed E-state index contributed by atoms with van der Waals surface area (Å²) in [6, 6.07) is 2.47. The average Bonchev–Trinajstić information content (AvgIpc) is 3.10. The van der Waals surface area contributed by atoms with Gasteiger partial charge in [-0.05, 0) is 55.5 Å². The highest BCUT2D eigenvalue weighted by molar-refractivity contribution is 7.97. The lowest BCUT2D eigenvalue weighted by Gasteiger charge is -2.40. The predicted octanol–water partition coefficient (Wildman–Crippen LogP) is 3.20. The predicted molar refractivity (Wildman–Crippen MR) is 99.9 cm³/mol. The smallest absolute Gasteiger partial charge is 0.251 e. The van der Waals surface area contributed by atoms with E-state index in [1.165, 1.54) is 51.2 Å². The second kappa shape index (κ2) is 8.00. The Bertz CT molecular complexity index is 619. The molecule has 4 rings (SSSR count). The highest BCUT2D eigenvalue weighted by Crippen LogP contribution is 2.49. The first-order valence-corrected chi connectivity index (χ1v) is 10.4. The van der Waals surface area contributed by atoms with Gasteiger partial charge in [0.1, 0.15) is 0 Å². The van der Waals surface area contributed by atoms with E-state index in [4.69, 9.17) is 9.47 Å². The molecule has 5 nitrogen and oxygen atoms in total. The van der Waals surface area contributed by atoms with Crippen LogP contribution < -0.4 is 4.74 Å². The molecule has 26 heavy (non-hydrogen) atoms. The Labute approximate surface area is 159 Å². The van der Waals surface area contributed by atoms with E-state index >= 15 is 0 Å². The van der Waals surface area contributed by atoms with Crippen molar-refractivity contribution in [3.8, 4) is 5.88 Å². The Morgan fingerprint density at radius 3 is 2.73 bits per heavy atom. The van der Waals surface area contributed by atoms with Crippen molar-refractivity contribution in [3.05, 3.63) is 18.1 Å². The first-order chi connectivity index (χ1) is 12.7. The summed E-state index contributed by atoms with van der Waals surface area (Å²) in [5.41, 5.74) is 0.495. The van der Waals surface area contributed by atoms with Gasteiger partial charge in [-0.15, -0.1) is 0 Å². The zero-order chi connectivity index (χ0) is 18.0. The maximum absolute atomic E-state index is 14.3. The summed E-state index contributed by atoms with van der Waals surface area (Å²) in [6.45, 7) is 5.98. The SMILES string of the molecule is COc1nccc(SN2CCC3(CCC(N4CCOCC4)C3)CC2)c1F. The number of aromatic nitrogens is 1. The minimum Gasteiger partial charge on any atom is -0.479 e. The van der Waals surface area contributed by atoms with Gasteiger partial charge in [-0.25, -0.2) is 9.29 Å². The molecule has 3 aliphatic rings. The van der Waals surface area contributed by atoms with Crippen LogP contribution in [0.1, 0.15) is 32.1 Å². The van der Waals surface area contributed by atoms with Gasteiger partial charge in [0.25, 0.3) is 5.88 Å². The molecule has 1 spiro atoms. The lowest BCUT2D eigenvalue weighted by Crippen LogP contribution is -2.43. The Morgan fingerprint density at radius 1 is 1.23 bits per heavy atom. The van der Waals surface area contributed by atoms with E-state index in [1.807, 2.05) is 0 Å². The van der Waals surface area contributed by atoms with Crippen LogP contribution in [0.4, 0.5) is 4.39 Å². The third-order valence-corrected chi connectivity index (χ3v) is 7.40. The first-order valence-electron chi connectivity index (χ1n) is 9.62. The molecular weight excluding hydrogens is 353 g/mol.